The van der Waals surface area contributed by atoms with Gasteiger partial charge < -0.3 is 14.9 Å². The maximum Gasteiger partial charge on any atom is 0.424 e. The number of halogens is 3. The number of rotatable bonds is 9. The van der Waals surface area contributed by atoms with Crippen molar-refractivity contribution in [1.82, 2.24) is 10.0 Å². The van der Waals surface area contributed by atoms with E-state index in [0.29, 0.717) is 31.6 Å². The summed E-state index contributed by atoms with van der Waals surface area (Å²) >= 11 is 0. The zero-order valence-electron chi connectivity index (χ0n) is 17.8. The first-order chi connectivity index (χ1) is 15.6. The van der Waals surface area contributed by atoms with Crippen LogP contribution in [-0.4, -0.2) is 64.6 Å². The third-order valence-corrected chi connectivity index (χ3v) is 5.39. The molecule has 1 unspecified atom stereocenters. The van der Waals surface area contributed by atoms with Gasteiger partial charge >= 0.3 is 18.2 Å². The number of carboxylic acid groups (broad SMARTS) is 1. The van der Waals surface area contributed by atoms with E-state index in [9.17, 15) is 27.9 Å². The minimum atomic E-state index is -4.44. The van der Waals surface area contributed by atoms with Gasteiger partial charge in [-0.1, -0.05) is 30.3 Å². The zero-order valence-corrected chi connectivity index (χ0v) is 17.8. The molecule has 2 aromatic rings. The molecule has 1 aliphatic rings. The smallest absolute Gasteiger partial charge is 0.424 e. The lowest BCUT2D eigenvalue weighted by Crippen LogP contribution is -2.53. The normalized spacial score (nSPS) is 15.9. The predicted molar refractivity (Wildman–Crippen MR) is 113 cm³/mol. The van der Waals surface area contributed by atoms with Gasteiger partial charge in [0.2, 0.25) is 0 Å². The minimum absolute atomic E-state index is 0.0676. The Kier molecular flexibility index (Phi) is 7.93. The summed E-state index contributed by atoms with van der Waals surface area (Å²) in [6.07, 6.45) is -5.04. The monoisotopic (exact) mass is 466 g/mol. The third kappa shape index (κ3) is 6.93. The molecule has 0 saturated carbocycles. The molecule has 0 aliphatic carbocycles. The Morgan fingerprint density at radius 2 is 1.82 bits per heavy atom. The molecular weight excluding hydrogens is 441 g/mol. The molecule has 1 heterocycles. The number of cyclic esters (lactones) is 1. The summed E-state index contributed by atoms with van der Waals surface area (Å²) in [4.78, 5) is 23.2. The van der Waals surface area contributed by atoms with E-state index in [2.05, 4.69) is 0 Å². The molecular formula is C23H25F3N2O5. The van der Waals surface area contributed by atoms with Crippen molar-refractivity contribution in [3.05, 3.63) is 70.8 Å². The van der Waals surface area contributed by atoms with Crippen LogP contribution in [0.2, 0.25) is 0 Å². The third-order valence-electron chi connectivity index (χ3n) is 5.39. The average molecular weight is 466 g/mol. The van der Waals surface area contributed by atoms with Crippen LogP contribution in [0.25, 0.3) is 0 Å². The zero-order chi connectivity index (χ0) is 24.0. The molecule has 1 atom stereocenters. The SMILES string of the molecule is O=C(O)c1ccc(CCN2C(=O)OCCN2CCC(O)Cc2cccc(C(F)(F)F)c2)cc1. The quantitative estimate of drug-likeness (QED) is 0.587. The van der Waals surface area contributed by atoms with E-state index in [0.717, 1.165) is 17.7 Å². The van der Waals surface area contributed by atoms with E-state index in [-0.39, 0.29) is 25.0 Å². The van der Waals surface area contributed by atoms with Crippen molar-refractivity contribution >= 4 is 12.1 Å². The van der Waals surface area contributed by atoms with Gasteiger partial charge in [0.15, 0.2) is 0 Å². The Morgan fingerprint density at radius 3 is 2.48 bits per heavy atom. The highest BCUT2D eigenvalue weighted by Crippen LogP contribution is 2.29. The van der Waals surface area contributed by atoms with Gasteiger partial charge in [0.1, 0.15) is 6.61 Å². The molecule has 1 saturated heterocycles. The van der Waals surface area contributed by atoms with Gasteiger partial charge in [0, 0.05) is 13.1 Å². The molecule has 3 rings (SSSR count). The van der Waals surface area contributed by atoms with Crippen molar-refractivity contribution in [3.63, 3.8) is 0 Å². The highest BCUT2D eigenvalue weighted by Gasteiger charge is 2.31. The molecule has 0 spiro atoms. The predicted octanol–water partition coefficient (Wildman–Crippen LogP) is 3.61. The highest BCUT2D eigenvalue weighted by molar-refractivity contribution is 5.87. The number of hydrazine groups is 1. The maximum absolute atomic E-state index is 12.9. The molecule has 0 bridgehead atoms. The number of amides is 1. The van der Waals surface area contributed by atoms with Crippen molar-refractivity contribution in [3.8, 4) is 0 Å². The number of alkyl halides is 3. The standard InChI is InChI=1S/C23H25F3N2O5/c24-23(25,26)19-3-1-2-17(14-19)15-20(29)9-10-27-12-13-33-22(32)28(27)11-8-16-4-6-18(7-5-16)21(30)31/h1-7,14,20,29H,8-13,15H2,(H,30,31). The summed E-state index contributed by atoms with van der Waals surface area (Å²) in [6, 6.07) is 11.2. The van der Waals surface area contributed by atoms with Crippen LogP contribution in [0.1, 0.15) is 33.5 Å². The first-order valence-corrected chi connectivity index (χ1v) is 10.5. The van der Waals surface area contributed by atoms with E-state index < -0.39 is 29.9 Å². The van der Waals surface area contributed by atoms with Crippen LogP contribution in [0.3, 0.4) is 0 Å². The topological polar surface area (TPSA) is 90.3 Å². The van der Waals surface area contributed by atoms with Gasteiger partial charge in [-0.3, -0.25) is 0 Å². The van der Waals surface area contributed by atoms with E-state index in [1.807, 2.05) is 0 Å². The van der Waals surface area contributed by atoms with Gasteiger partial charge in [-0.15, -0.1) is 0 Å². The van der Waals surface area contributed by atoms with E-state index in [1.54, 1.807) is 23.2 Å². The molecule has 33 heavy (non-hydrogen) atoms. The Morgan fingerprint density at radius 1 is 1.09 bits per heavy atom. The van der Waals surface area contributed by atoms with Crippen LogP contribution in [0.15, 0.2) is 48.5 Å². The van der Waals surface area contributed by atoms with E-state index in [4.69, 9.17) is 9.84 Å². The second-order valence-corrected chi connectivity index (χ2v) is 7.79. The molecule has 1 aliphatic heterocycles. The largest absolute Gasteiger partial charge is 0.478 e. The highest BCUT2D eigenvalue weighted by atomic mass is 19.4. The van der Waals surface area contributed by atoms with Crippen molar-refractivity contribution in [2.75, 3.05) is 26.2 Å². The molecule has 178 valence electrons. The van der Waals surface area contributed by atoms with Crippen molar-refractivity contribution in [1.29, 1.82) is 0 Å². The number of nitrogens with zero attached hydrogens (tertiary/aromatic N) is 2. The van der Waals surface area contributed by atoms with Gasteiger partial charge in [0.05, 0.1) is 23.8 Å². The molecule has 10 heteroatoms. The number of aromatic carboxylic acids is 1. The molecule has 1 amide bonds. The van der Waals surface area contributed by atoms with Crippen LogP contribution in [0, 0.1) is 0 Å². The fourth-order valence-corrected chi connectivity index (χ4v) is 3.61. The summed E-state index contributed by atoms with van der Waals surface area (Å²) in [6.45, 7) is 1.26. The molecule has 1 fully saturated rings. The minimum Gasteiger partial charge on any atom is -0.478 e. The second kappa shape index (κ2) is 10.7. The number of benzene rings is 2. The number of hydrogen-bond donors (Lipinski definition) is 2. The number of carbonyl (C=O) groups is 2. The van der Waals surface area contributed by atoms with Gasteiger partial charge in [-0.25, -0.2) is 19.6 Å². The number of aliphatic hydroxyl groups excluding tert-OH is 1. The first-order valence-electron chi connectivity index (χ1n) is 10.5. The van der Waals surface area contributed by atoms with Crippen molar-refractivity contribution in [2.45, 2.75) is 31.5 Å². The number of carbonyl (C=O) groups excluding carboxylic acids is 1. The van der Waals surface area contributed by atoms with Crippen molar-refractivity contribution < 1.29 is 37.7 Å². The van der Waals surface area contributed by atoms with E-state index >= 15 is 0 Å². The number of ether oxygens (including phenoxy) is 1. The fraction of sp³-hybridized carbons (Fsp3) is 0.391. The summed E-state index contributed by atoms with van der Waals surface area (Å²) in [5.74, 6) is -1.02. The fourth-order valence-electron chi connectivity index (χ4n) is 3.61. The summed E-state index contributed by atoms with van der Waals surface area (Å²) in [5, 5.41) is 22.5. The summed E-state index contributed by atoms with van der Waals surface area (Å²) in [5.41, 5.74) is 0.654. The lowest BCUT2D eigenvalue weighted by Gasteiger charge is -2.38. The van der Waals surface area contributed by atoms with Crippen molar-refractivity contribution in [2.24, 2.45) is 0 Å². The first kappa shape index (κ1) is 24.5. The van der Waals surface area contributed by atoms with Gasteiger partial charge in [-0.2, -0.15) is 13.2 Å². The van der Waals surface area contributed by atoms with Gasteiger partial charge in [-0.05, 0) is 48.6 Å². The molecule has 0 radical (unpaired) electrons. The average Bonchev–Trinajstić information content (AvgIpc) is 2.77. The molecule has 2 aromatic carbocycles. The van der Waals surface area contributed by atoms with E-state index in [1.165, 1.54) is 23.2 Å². The summed E-state index contributed by atoms with van der Waals surface area (Å²) in [7, 11) is 0. The molecule has 0 aromatic heterocycles. The van der Waals surface area contributed by atoms with Crippen LogP contribution in [0.4, 0.5) is 18.0 Å². The van der Waals surface area contributed by atoms with Crippen LogP contribution < -0.4 is 0 Å². The summed E-state index contributed by atoms with van der Waals surface area (Å²) < 4.78 is 43.8. The number of aliphatic hydroxyl groups is 1. The Balaban J connectivity index is 1.55. The molecule has 7 nitrogen and oxygen atoms in total. The van der Waals surface area contributed by atoms with Gasteiger partial charge in [0.25, 0.3) is 0 Å². The second-order valence-electron chi connectivity index (χ2n) is 7.79. The Labute approximate surface area is 189 Å². The number of carboxylic acids is 1. The van der Waals surface area contributed by atoms with Crippen LogP contribution in [-0.2, 0) is 23.8 Å². The maximum atomic E-state index is 12.9. The van der Waals surface area contributed by atoms with Crippen LogP contribution >= 0.6 is 0 Å². The lowest BCUT2D eigenvalue weighted by molar-refractivity contribution is -0.137. The number of hydrogen-bond acceptors (Lipinski definition) is 5. The Bertz CT molecular complexity index is 965. The Hall–Kier alpha value is -3.11. The lowest BCUT2D eigenvalue weighted by atomic mass is 10.0. The van der Waals surface area contributed by atoms with Crippen LogP contribution in [0.5, 0.6) is 0 Å². The molecule has 2 N–H and O–H groups in total.